The molecule has 5 heteroatoms. The number of aryl methyl sites for hydroxylation is 1. The minimum absolute atomic E-state index is 0.0184. The average Bonchev–Trinajstić information content (AvgIpc) is 3.33. The second-order valence-electron chi connectivity index (χ2n) is 6.35. The number of carbonyl (C=O) groups excluding carboxylic acids is 1. The largest absolute Gasteiger partial charge is 0.486 e. The maximum atomic E-state index is 12.1. The number of halogens is 1. The van der Waals surface area contributed by atoms with Crippen LogP contribution in [0.15, 0.2) is 75.6 Å². The fraction of sp³-hybridized carbons (Fsp3) is 0.0870. The van der Waals surface area contributed by atoms with Crippen LogP contribution in [0.4, 0.5) is 0 Å². The van der Waals surface area contributed by atoms with Crippen molar-refractivity contribution in [1.29, 1.82) is 0 Å². The van der Waals surface area contributed by atoms with E-state index in [2.05, 4.69) is 22.0 Å². The van der Waals surface area contributed by atoms with Gasteiger partial charge in [-0.2, -0.15) is 0 Å². The van der Waals surface area contributed by atoms with E-state index in [0.29, 0.717) is 18.1 Å². The molecule has 0 spiro atoms. The molecule has 0 amide bonds. The number of hydrogen-bond acceptors (Lipinski definition) is 4. The Morgan fingerprint density at radius 1 is 1.07 bits per heavy atom. The average molecular weight is 453 g/mol. The van der Waals surface area contributed by atoms with Crippen LogP contribution in [0, 0.1) is 6.92 Å². The number of furan rings is 1. The van der Waals surface area contributed by atoms with Gasteiger partial charge in [-0.25, -0.2) is 0 Å². The van der Waals surface area contributed by atoms with Gasteiger partial charge < -0.3 is 9.15 Å². The Morgan fingerprint density at radius 3 is 2.71 bits per heavy atom. The summed E-state index contributed by atoms with van der Waals surface area (Å²) in [5.74, 6) is 2.10. The van der Waals surface area contributed by atoms with E-state index in [1.165, 1.54) is 17.4 Å². The highest BCUT2D eigenvalue weighted by Gasteiger charge is 2.06. The fourth-order valence-corrected chi connectivity index (χ4v) is 3.97. The molecule has 140 valence electrons. The van der Waals surface area contributed by atoms with Crippen molar-refractivity contribution in [2.45, 2.75) is 13.5 Å². The van der Waals surface area contributed by atoms with Crippen LogP contribution in [0.3, 0.4) is 0 Å². The van der Waals surface area contributed by atoms with Gasteiger partial charge in [-0.3, -0.25) is 4.79 Å². The molecule has 3 nitrogen and oxygen atoms in total. The maximum absolute atomic E-state index is 12.1. The molecule has 0 aliphatic carbocycles. The van der Waals surface area contributed by atoms with E-state index in [1.54, 1.807) is 6.08 Å². The highest BCUT2D eigenvalue weighted by molar-refractivity contribution is 9.10. The summed E-state index contributed by atoms with van der Waals surface area (Å²) < 4.78 is 12.6. The van der Waals surface area contributed by atoms with Crippen molar-refractivity contribution in [1.82, 2.24) is 0 Å². The van der Waals surface area contributed by atoms with Gasteiger partial charge in [0.1, 0.15) is 23.9 Å². The Bertz CT molecular complexity index is 1170. The number of rotatable bonds is 6. The highest BCUT2D eigenvalue weighted by Crippen LogP contribution is 2.25. The van der Waals surface area contributed by atoms with Crippen LogP contribution in [0.5, 0.6) is 5.75 Å². The summed E-state index contributed by atoms with van der Waals surface area (Å²) in [5, 5.41) is 2.27. The third-order valence-corrected chi connectivity index (χ3v) is 5.73. The predicted octanol–water partition coefficient (Wildman–Crippen LogP) is 7.04. The van der Waals surface area contributed by atoms with E-state index in [4.69, 9.17) is 9.15 Å². The molecule has 0 saturated heterocycles. The van der Waals surface area contributed by atoms with Crippen molar-refractivity contribution in [3.63, 3.8) is 0 Å². The minimum atomic E-state index is -0.0184. The second kappa shape index (κ2) is 8.17. The van der Waals surface area contributed by atoms with Crippen LogP contribution in [0.1, 0.15) is 26.1 Å². The zero-order valence-corrected chi connectivity index (χ0v) is 17.5. The number of carbonyl (C=O) groups is 1. The molecule has 4 rings (SSSR count). The van der Waals surface area contributed by atoms with E-state index in [-0.39, 0.29) is 5.78 Å². The lowest BCUT2D eigenvalue weighted by molar-refractivity contribution is 0.105. The quantitative estimate of drug-likeness (QED) is 0.232. The smallest absolute Gasteiger partial charge is 0.195 e. The second-order valence-corrected chi connectivity index (χ2v) is 8.56. The van der Waals surface area contributed by atoms with E-state index in [1.807, 2.05) is 61.5 Å². The van der Waals surface area contributed by atoms with Gasteiger partial charge in [0.25, 0.3) is 0 Å². The number of ketones is 1. The molecule has 0 N–H and O–H groups in total. The SMILES string of the molecule is Cc1ccc(C(=O)/C=C/c2ccc(COc3ccc4cc(Br)ccc4c3)o2)s1. The summed E-state index contributed by atoms with van der Waals surface area (Å²) in [6, 6.07) is 19.6. The third kappa shape index (κ3) is 4.43. The summed E-state index contributed by atoms with van der Waals surface area (Å²) in [6.45, 7) is 2.31. The molecule has 4 aromatic rings. The molecule has 2 aromatic heterocycles. The first-order valence-electron chi connectivity index (χ1n) is 8.76. The predicted molar refractivity (Wildman–Crippen MR) is 117 cm³/mol. The van der Waals surface area contributed by atoms with Gasteiger partial charge in [-0.05, 0) is 78.4 Å². The number of benzene rings is 2. The summed E-state index contributed by atoms with van der Waals surface area (Å²) in [7, 11) is 0. The zero-order chi connectivity index (χ0) is 19.5. The molecule has 0 saturated carbocycles. The Labute approximate surface area is 175 Å². The first-order valence-corrected chi connectivity index (χ1v) is 10.4. The van der Waals surface area contributed by atoms with Crippen LogP contribution < -0.4 is 4.74 Å². The van der Waals surface area contributed by atoms with Gasteiger partial charge in [0.05, 0.1) is 4.88 Å². The van der Waals surface area contributed by atoms with Crippen LogP contribution in [0.2, 0.25) is 0 Å². The van der Waals surface area contributed by atoms with Crippen molar-refractivity contribution in [2.75, 3.05) is 0 Å². The van der Waals surface area contributed by atoms with E-state index >= 15 is 0 Å². The van der Waals surface area contributed by atoms with Crippen molar-refractivity contribution < 1.29 is 13.9 Å². The number of ether oxygens (including phenoxy) is 1. The van der Waals surface area contributed by atoms with E-state index < -0.39 is 0 Å². The fourth-order valence-electron chi connectivity index (χ4n) is 2.81. The monoisotopic (exact) mass is 452 g/mol. The lowest BCUT2D eigenvalue weighted by Crippen LogP contribution is -1.93. The number of thiophene rings is 1. The molecular formula is C23H17BrO3S. The summed E-state index contributed by atoms with van der Waals surface area (Å²) in [5.41, 5.74) is 0. The summed E-state index contributed by atoms with van der Waals surface area (Å²) >= 11 is 4.97. The van der Waals surface area contributed by atoms with Crippen molar-refractivity contribution >= 4 is 49.9 Å². The van der Waals surface area contributed by atoms with Gasteiger partial charge in [0, 0.05) is 9.35 Å². The normalized spacial score (nSPS) is 11.4. The minimum Gasteiger partial charge on any atom is -0.486 e. The standard InChI is InChI=1S/C23H17BrO3S/c1-15-2-11-23(28-15)22(25)10-9-19-7-8-21(27-19)14-26-20-6-4-16-12-18(24)5-3-17(16)13-20/h2-13H,14H2,1H3/b10-9+. The Morgan fingerprint density at radius 2 is 1.89 bits per heavy atom. The van der Waals surface area contributed by atoms with Gasteiger partial charge >= 0.3 is 0 Å². The molecule has 0 bridgehead atoms. The topological polar surface area (TPSA) is 39.4 Å². The first-order chi connectivity index (χ1) is 13.6. The van der Waals surface area contributed by atoms with Crippen molar-refractivity contribution in [3.8, 4) is 5.75 Å². The molecule has 2 aromatic carbocycles. The number of hydrogen-bond donors (Lipinski definition) is 0. The van der Waals surface area contributed by atoms with Gasteiger partial charge in [-0.15, -0.1) is 11.3 Å². The molecule has 0 radical (unpaired) electrons. The third-order valence-electron chi connectivity index (χ3n) is 4.22. The molecule has 0 fully saturated rings. The van der Waals surface area contributed by atoms with Crippen molar-refractivity contribution in [3.05, 3.63) is 92.5 Å². The van der Waals surface area contributed by atoms with E-state index in [9.17, 15) is 4.79 Å². The molecular weight excluding hydrogens is 436 g/mol. The molecule has 0 atom stereocenters. The highest BCUT2D eigenvalue weighted by atomic mass is 79.9. The van der Waals surface area contributed by atoms with Crippen molar-refractivity contribution in [2.24, 2.45) is 0 Å². The van der Waals surface area contributed by atoms with Crippen LogP contribution in [-0.4, -0.2) is 5.78 Å². The van der Waals surface area contributed by atoms with Gasteiger partial charge in [0.2, 0.25) is 0 Å². The zero-order valence-electron chi connectivity index (χ0n) is 15.1. The van der Waals surface area contributed by atoms with Crippen LogP contribution in [-0.2, 0) is 6.61 Å². The van der Waals surface area contributed by atoms with Crippen LogP contribution >= 0.6 is 27.3 Å². The molecule has 0 aliphatic heterocycles. The summed E-state index contributed by atoms with van der Waals surface area (Å²) in [6.07, 6.45) is 3.23. The number of allylic oxidation sites excluding steroid dienone is 1. The van der Waals surface area contributed by atoms with Crippen LogP contribution in [0.25, 0.3) is 16.8 Å². The lowest BCUT2D eigenvalue weighted by atomic mass is 10.1. The Hall–Kier alpha value is -2.63. The van der Waals surface area contributed by atoms with E-state index in [0.717, 1.165) is 30.7 Å². The molecule has 0 unspecified atom stereocenters. The molecule has 2 heterocycles. The molecule has 28 heavy (non-hydrogen) atoms. The van der Waals surface area contributed by atoms with Gasteiger partial charge in [0.15, 0.2) is 5.78 Å². The first kappa shape index (κ1) is 18.7. The summed E-state index contributed by atoms with van der Waals surface area (Å²) in [4.78, 5) is 14.0. The lowest BCUT2D eigenvalue weighted by Gasteiger charge is -2.06. The maximum Gasteiger partial charge on any atom is 0.195 e. The Balaban J connectivity index is 1.39. The molecule has 0 aliphatic rings. The van der Waals surface area contributed by atoms with Gasteiger partial charge in [-0.1, -0.05) is 28.1 Å². The number of fused-ring (bicyclic) bond motifs is 1. The Kier molecular flexibility index (Phi) is 5.46.